The first-order chi connectivity index (χ1) is 9.76. The lowest BCUT2D eigenvalue weighted by Gasteiger charge is -2.28. The molecule has 3 N–H and O–H groups in total. The van der Waals surface area contributed by atoms with Gasteiger partial charge in [-0.2, -0.15) is 0 Å². The van der Waals surface area contributed by atoms with E-state index < -0.39 is 0 Å². The predicted molar refractivity (Wildman–Crippen MR) is 85.8 cm³/mol. The number of hydrogen-bond donors (Lipinski definition) is 2. The zero-order valence-corrected chi connectivity index (χ0v) is 13.7. The predicted octanol–water partition coefficient (Wildman–Crippen LogP) is 2.64. The van der Waals surface area contributed by atoms with Gasteiger partial charge in [-0.3, -0.25) is 4.79 Å². The highest BCUT2D eigenvalue weighted by Crippen LogP contribution is 2.20. The Bertz CT molecular complexity index is 445. The maximum Gasteiger partial charge on any atom is 0.224 e. The molecule has 0 aromatic heterocycles. The third kappa shape index (κ3) is 5.48. The van der Waals surface area contributed by atoms with Crippen LogP contribution in [0.4, 0.5) is 0 Å². The van der Waals surface area contributed by atoms with E-state index in [0.29, 0.717) is 0 Å². The molecule has 0 aliphatic heterocycles. The highest BCUT2D eigenvalue weighted by atomic mass is 16.5. The van der Waals surface area contributed by atoms with Gasteiger partial charge in [0.2, 0.25) is 5.91 Å². The zero-order valence-electron chi connectivity index (χ0n) is 13.7. The maximum absolute atomic E-state index is 12.3. The third-order valence-electron chi connectivity index (χ3n) is 3.88. The highest BCUT2D eigenvalue weighted by Gasteiger charge is 2.26. The Hall–Kier alpha value is -1.39. The molecule has 0 radical (unpaired) electrons. The molecule has 0 spiro atoms. The van der Waals surface area contributed by atoms with Crippen LogP contribution in [0.25, 0.3) is 0 Å². The third-order valence-corrected chi connectivity index (χ3v) is 3.88. The number of methoxy groups -OCH3 is 1. The lowest BCUT2D eigenvalue weighted by atomic mass is 9.93. The molecule has 1 rings (SSSR count). The van der Waals surface area contributed by atoms with Gasteiger partial charge >= 0.3 is 0 Å². The summed E-state index contributed by atoms with van der Waals surface area (Å²) >= 11 is 0. The molecule has 1 aromatic rings. The highest BCUT2D eigenvalue weighted by molar-refractivity contribution is 5.79. The Balaban J connectivity index is 2.59. The quantitative estimate of drug-likeness (QED) is 0.812. The average Bonchev–Trinajstić information content (AvgIpc) is 2.45. The number of benzene rings is 1. The Morgan fingerprint density at radius 3 is 2.38 bits per heavy atom. The summed E-state index contributed by atoms with van der Waals surface area (Å²) in [5.74, 6) is -0.300. The first-order valence-electron chi connectivity index (χ1n) is 7.43. The summed E-state index contributed by atoms with van der Waals surface area (Å²) in [6.07, 6.45) is 0.753. The molecule has 0 aliphatic carbocycles. The summed E-state index contributed by atoms with van der Waals surface area (Å²) < 4.78 is 5.39. The minimum absolute atomic E-state index is 0.0224. The summed E-state index contributed by atoms with van der Waals surface area (Å²) in [6, 6.07) is 9.45. The van der Waals surface area contributed by atoms with Crippen LogP contribution in [-0.2, 0) is 9.53 Å². The topological polar surface area (TPSA) is 64.3 Å². The monoisotopic (exact) mass is 292 g/mol. The van der Waals surface area contributed by atoms with Crippen LogP contribution in [0.3, 0.4) is 0 Å². The van der Waals surface area contributed by atoms with Crippen molar-refractivity contribution in [3.8, 4) is 0 Å². The molecule has 4 nitrogen and oxygen atoms in total. The summed E-state index contributed by atoms with van der Waals surface area (Å²) in [7, 11) is 1.68. The molecule has 0 fully saturated rings. The van der Waals surface area contributed by atoms with Gasteiger partial charge in [-0.15, -0.1) is 0 Å². The Labute approximate surface area is 128 Å². The zero-order chi connectivity index (χ0) is 16.0. The lowest BCUT2D eigenvalue weighted by molar-refractivity contribution is -0.126. The van der Waals surface area contributed by atoms with Gasteiger partial charge < -0.3 is 15.8 Å². The number of amides is 1. The largest absolute Gasteiger partial charge is 0.379 e. The van der Waals surface area contributed by atoms with Crippen LogP contribution in [0.1, 0.15) is 45.7 Å². The van der Waals surface area contributed by atoms with Crippen LogP contribution < -0.4 is 11.1 Å². The van der Waals surface area contributed by atoms with Crippen molar-refractivity contribution < 1.29 is 9.53 Å². The second-order valence-electron chi connectivity index (χ2n) is 6.30. The van der Waals surface area contributed by atoms with E-state index in [0.717, 1.165) is 12.0 Å². The van der Waals surface area contributed by atoms with E-state index in [1.807, 2.05) is 58.0 Å². The standard InChI is InChI=1S/C17H28N2O2/c1-12(11-17(3,4)21-5)19-16(20)13(2)15(18)14-9-7-6-8-10-14/h6-10,12-13,15H,11,18H2,1-5H3,(H,19,20). The normalized spacial score (nSPS) is 16.1. The number of nitrogens with one attached hydrogen (secondary N) is 1. The molecule has 1 amide bonds. The number of rotatable bonds is 7. The van der Waals surface area contributed by atoms with Gasteiger partial charge in [0.1, 0.15) is 0 Å². The Morgan fingerprint density at radius 1 is 1.29 bits per heavy atom. The molecular weight excluding hydrogens is 264 g/mol. The molecule has 0 heterocycles. The summed E-state index contributed by atoms with van der Waals surface area (Å²) in [5, 5.41) is 3.02. The maximum atomic E-state index is 12.3. The first-order valence-corrected chi connectivity index (χ1v) is 7.43. The van der Waals surface area contributed by atoms with E-state index in [9.17, 15) is 4.79 Å². The van der Waals surface area contributed by atoms with E-state index in [1.165, 1.54) is 0 Å². The minimum Gasteiger partial charge on any atom is -0.379 e. The second-order valence-corrected chi connectivity index (χ2v) is 6.30. The van der Waals surface area contributed by atoms with Gasteiger partial charge in [0.25, 0.3) is 0 Å². The second kappa shape index (κ2) is 7.57. The van der Waals surface area contributed by atoms with Crippen LogP contribution in [0, 0.1) is 5.92 Å². The SMILES string of the molecule is COC(C)(C)CC(C)NC(=O)C(C)C(N)c1ccccc1. The van der Waals surface area contributed by atoms with Crippen LogP contribution >= 0.6 is 0 Å². The van der Waals surface area contributed by atoms with E-state index in [-0.39, 0.29) is 29.5 Å². The molecule has 0 saturated carbocycles. The molecule has 118 valence electrons. The van der Waals surface area contributed by atoms with Gasteiger partial charge in [0.15, 0.2) is 0 Å². The van der Waals surface area contributed by atoms with E-state index in [4.69, 9.17) is 10.5 Å². The molecule has 0 saturated heterocycles. The number of carbonyl (C=O) groups is 1. The molecule has 3 atom stereocenters. The molecule has 4 heteroatoms. The molecule has 0 aliphatic rings. The van der Waals surface area contributed by atoms with Crippen molar-refractivity contribution in [2.75, 3.05) is 7.11 Å². The summed E-state index contributed by atoms with van der Waals surface area (Å²) in [4.78, 5) is 12.3. The Morgan fingerprint density at radius 2 is 1.86 bits per heavy atom. The van der Waals surface area contributed by atoms with E-state index in [2.05, 4.69) is 5.32 Å². The molecule has 3 unspecified atom stereocenters. The van der Waals surface area contributed by atoms with Gasteiger partial charge in [0, 0.05) is 19.2 Å². The smallest absolute Gasteiger partial charge is 0.224 e. The van der Waals surface area contributed by atoms with E-state index >= 15 is 0 Å². The molecule has 1 aromatic carbocycles. The fourth-order valence-electron chi connectivity index (χ4n) is 2.37. The van der Waals surface area contributed by atoms with Gasteiger partial charge in [0.05, 0.1) is 11.5 Å². The van der Waals surface area contributed by atoms with Gasteiger partial charge in [-0.05, 0) is 32.8 Å². The first kappa shape index (κ1) is 17.7. The Kier molecular flexibility index (Phi) is 6.37. The number of ether oxygens (including phenoxy) is 1. The number of nitrogens with two attached hydrogens (primary N) is 1. The summed E-state index contributed by atoms with van der Waals surface area (Å²) in [5.41, 5.74) is 6.91. The van der Waals surface area contributed by atoms with Crippen molar-refractivity contribution in [2.45, 2.75) is 51.8 Å². The van der Waals surface area contributed by atoms with Crippen molar-refractivity contribution >= 4 is 5.91 Å². The van der Waals surface area contributed by atoms with Gasteiger partial charge in [-0.1, -0.05) is 37.3 Å². The van der Waals surface area contributed by atoms with Crippen molar-refractivity contribution in [1.29, 1.82) is 0 Å². The van der Waals surface area contributed by atoms with Crippen molar-refractivity contribution in [3.63, 3.8) is 0 Å². The molecule has 0 bridgehead atoms. The summed E-state index contributed by atoms with van der Waals surface area (Å²) in [6.45, 7) is 7.87. The molecular formula is C17H28N2O2. The van der Waals surface area contributed by atoms with Crippen LogP contribution in [0.15, 0.2) is 30.3 Å². The average molecular weight is 292 g/mol. The van der Waals surface area contributed by atoms with Gasteiger partial charge in [-0.25, -0.2) is 0 Å². The van der Waals surface area contributed by atoms with Crippen LogP contribution in [-0.4, -0.2) is 24.7 Å². The number of hydrogen-bond acceptors (Lipinski definition) is 3. The van der Waals surface area contributed by atoms with Crippen molar-refractivity contribution in [3.05, 3.63) is 35.9 Å². The van der Waals surface area contributed by atoms with E-state index in [1.54, 1.807) is 7.11 Å². The fourth-order valence-corrected chi connectivity index (χ4v) is 2.37. The van der Waals surface area contributed by atoms with Crippen molar-refractivity contribution in [1.82, 2.24) is 5.32 Å². The van der Waals surface area contributed by atoms with Crippen LogP contribution in [0.5, 0.6) is 0 Å². The fraction of sp³-hybridized carbons (Fsp3) is 0.588. The minimum atomic E-state index is -0.297. The molecule has 21 heavy (non-hydrogen) atoms. The van der Waals surface area contributed by atoms with Crippen LogP contribution in [0.2, 0.25) is 0 Å². The van der Waals surface area contributed by atoms with Crippen molar-refractivity contribution in [2.24, 2.45) is 11.7 Å². The lowest BCUT2D eigenvalue weighted by Crippen LogP contribution is -2.43. The number of carbonyl (C=O) groups excluding carboxylic acids is 1.